The van der Waals surface area contributed by atoms with Crippen LogP contribution in [0.5, 0.6) is 0 Å². The van der Waals surface area contributed by atoms with Gasteiger partial charge in [0.2, 0.25) is 10.0 Å². The largest absolute Gasteiger partial charge is 0.280 e. The van der Waals surface area contributed by atoms with Gasteiger partial charge in [-0.25, -0.2) is 21.6 Å². The number of halogens is 1. The molecule has 2 rings (SSSR count). The van der Waals surface area contributed by atoms with Gasteiger partial charge in [-0.3, -0.25) is 4.72 Å². The number of rotatable bonds is 5. The van der Waals surface area contributed by atoms with Crippen LogP contribution in [0.2, 0.25) is 0 Å². The fraction of sp³-hybridized carbons (Fsp3) is 0.0769. The van der Waals surface area contributed by atoms with E-state index in [1.54, 1.807) is 18.2 Å². The summed E-state index contributed by atoms with van der Waals surface area (Å²) in [6, 6.07) is 11.9. The molecule has 0 saturated carbocycles. The molecule has 0 radical (unpaired) electrons. The maximum Gasteiger partial charge on any atom is 0.261 e. The average Bonchev–Trinajstić information content (AvgIpc) is 2.47. The number of anilines is 1. The van der Waals surface area contributed by atoms with E-state index >= 15 is 0 Å². The number of hydrogen-bond acceptors (Lipinski definition) is 4. The second kappa shape index (κ2) is 6.52. The monoisotopic (exact) mass is 452 g/mol. The van der Waals surface area contributed by atoms with Crippen molar-refractivity contribution in [2.45, 2.75) is 9.79 Å². The summed E-state index contributed by atoms with van der Waals surface area (Å²) >= 11 is 2.08. The van der Waals surface area contributed by atoms with Crippen LogP contribution in [0.15, 0.2) is 58.3 Å². The van der Waals surface area contributed by atoms with E-state index in [4.69, 9.17) is 0 Å². The Labute approximate surface area is 143 Å². The predicted octanol–water partition coefficient (Wildman–Crippen LogP) is 2.00. The van der Waals surface area contributed by atoms with Gasteiger partial charge in [-0.1, -0.05) is 6.07 Å². The first kappa shape index (κ1) is 17.2. The second-order valence-electron chi connectivity index (χ2n) is 4.29. The van der Waals surface area contributed by atoms with Crippen LogP contribution in [0.3, 0.4) is 0 Å². The van der Waals surface area contributed by atoms with E-state index in [2.05, 4.69) is 32.0 Å². The van der Waals surface area contributed by atoms with Gasteiger partial charge in [-0.05, 0) is 72.1 Å². The SMILES string of the molecule is CNS(=O)(=O)c1ccc(S(=O)(=O)Nc2cccc(I)c2)cc1. The van der Waals surface area contributed by atoms with Crippen LogP contribution in [0.1, 0.15) is 0 Å². The lowest BCUT2D eigenvalue weighted by Crippen LogP contribution is -2.19. The van der Waals surface area contributed by atoms with Crippen LogP contribution in [-0.2, 0) is 20.0 Å². The van der Waals surface area contributed by atoms with Gasteiger partial charge >= 0.3 is 0 Å². The van der Waals surface area contributed by atoms with E-state index in [1.165, 1.54) is 31.3 Å². The van der Waals surface area contributed by atoms with E-state index in [9.17, 15) is 16.8 Å². The van der Waals surface area contributed by atoms with Crippen LogP contribution >= 0.6 is 22.6 Å². The highest BCUT2D eigenvalue weighted by Gasteiger charge is 2.17. The smallest absolute Gasteiger partial charge is 0.261 e. The van der Waals surface area contributed by atoms with Gasteiger partial charge in [0.05, 0.1) is 9.79 Å². The molecule has 0 fully saturated rings. The molecule has 9 heteroatoms. The van der Waals surface area contributed by atoms with E-state index in [0.717, 1.165) is 3.57 Å². The first-order valence-corrected chi connectivity index (χ1v) is 10.1. The molecule has 22 heavy (non-hydrogen) atoms. The minimum atomic E-state index is -3.77. The Bertz CT molecular complexity index is 879. The zero-order valence-electron chi connectivity index (χ0n) is 11.4. The van der Waals surface area contributed by atoms with Crippen molar-refractivity contribution in [2.24, 2.45) is 0 Å². The van der Waals surface area contributed by atoms with Crippen molar-refractivity contribution in [3.63, 3.8) is 0 Å². The first-order chi connectivity index (χ1) is 10.2. The lowest BCUT2D eigenvalue weighted by Gasteiger charge is -2.09. The Morgan fingerprint density at radius 3 is 1.91 bits per heavy atom. The molecule has 6 nitrogen and oxygen atoms in total. The topological polar surface area (TPSA) is 92.3 Å². The molecule has 0 bridgehead atoms. The van der Waals surface area contributed by atoms with Crippen molar-refractivity contribution < 1.29 is 16.8 Å². The second-order valence-corrected chi connectivity index (χ2v) is 9.11. The van der Waals surface area contributed by atoms with Gasteiger partial charge < -0.3 is 0 Å². The van der Waals surface area contributed by atoms with Crippen molar-refractivity contribution in [1.29, 1.82) is 0 Å². The molecular weight excluding hydrogens is 439 g/mol. The number of nitrogens with one attached hydrogen (secondary N) is 2. The summed E-state index contributed by atoms with van der Waals surface area (Å²) in [4.78, 5) is -0.00961. The van der Waals surface area contributed by atoms with Gasteiger partial charge in [0.1, 0.15) is 0 Å². The maximum absolute atomic E-state index is 12.3. The number of hydrogen-bond donors (Lipinski definition) is 2. The third-order valence-corrected chi connectivity index (χ3v) is 6.29. The summed E-state index contributed by atoms with van der Waals surface area (Å²) in [5.41, 5.74) is 0.443. The summed E-state index contributed by atoms with van der Waals surface area (Å²) in [7, 11) is -6.07. The molecule has 118 valence electrons. The van der Waals surface area contributed by atoms with E-state index in [0.29, 0.717) is 5.69 Å². The minimum Gasteiger partial charge on any atom is -0.280 e. The fourth-order valence-electron chi connectivity index (χ4n) is 1.68. The van der Waals surface area contributed by atoms with E-state index in [1.807, 2.05) is 6.07 Å². The Morgan fingerprint density at radius 2 is 1.41 bits per heavy atom. The molecule has 0 aliphatic heterocycles. The zero-order valence-corrected chi connectivity index (χ0v) is 15.2. The van der Waals surface area contributed by atoms with Crippen molar-refractivity contribution in [1.82, 2.24) is 4.72 Å². The summed E-state index contributed by atoms with van der Waals surface area (Å²) in [5, 5.41) is 0. The van der Waals surface area contributed by atoms with Gasteiger partial charge in [-0.15, -0.1) is 0 Å². The molecule has 0 heterocycles. The summed E-state index contributed by atoms with van der Waals surface area (Å²) in [6.07, 6.45) is 0. The fourth-order valence-corrected chi connectivity index (χ4v) is 4.00. The molecular formula is C13H13IN2O4S2. The van der Waals surface area contributed by atoms with Crippen molar-refractivity contribution in [2.75, 3.05) is 11.8 Å². The van der Waals surface area contributed by atoms with E-state index in [-0.39, 0.29) is 9.79 Å². The van der Waals surface area contributed by atoms with Crippen LogP contribution in [0.4, 0.5) is 5.69 Å². The van der Waals surface area contributed by atoms with Gasteiger partial charge in [0, 0.05) is 9.26 Å². The summed E-state index contributed by atoms with van der Waals surface area (Å²) < 4.78 is 53.3. The molecule has 0 aliphatic carbocycles. The van der Waals surface area contributed by atoms with Gasteiger partial charge in [0.25, 0.3) is 10.0 Å². The highest BCUT2D eigenvalue weighted by atomic mass is 127. The Morgan fingerprint density at radius 1 is 0.864 bits per heavy atom. The molecule has 2 aromatic carbocycles. The number of sulfonamides is 2. The summed E-state index contributed by atoms with van der Waals surface area (Å²) in [5.74, 6) is 0. The maximum atomic E-state index is 12.3. The highest BCUT2D eigenvalue weighted by molar-refractivity contribution is 14.1. The molecule has 0 aromatic heterocycles. The van der Waals surface area contributed by atoms with Crippen LogP contribution in [-0.4, -0.2) is 23.9 Å². The first-order valence-electron chi connectivity index (χ1n) is 6.06. The number of benzene rings is 2. The summed E-state index contributed by atoms with van der Waals surface area (Å²) in [6.45, 7) is 0. The van der Waals surface area contributed by atoms with Crippen molar-refractivity contribution >= 4 is 48.3 Å². The van der Waals surface area contributed by atoms with Crippen LogP contribution in [0, 0.1) is 3.57 Å². The van der Waals surface area contributed by atoms with Crippen molar-refractivity contribution in [3.8, 4) is 0 Å². The average molecular weight is 452 g/mol. The van der Waals surface area contributed by atoms with Crippen molar-refractivity contribution in [3.05, 3.63) is 52.1 Å². The van der Waals surface area contributed by atoms with E-state index < -0.39 is 20.0 Å². The standard InChI is InChI=1S/C13H13IN2O4S2/c1-15-21(17,18)12-5-7-13(8-6-12)22(19,20)16-11-4-2-3-10(14)9-11/h2-9,15-16H,1H3. The Hall–Kier alpha value is -1.17. The highest BCUT2D eigenvalue weighted by Crippen LogP contribution is 2.19. The minimum absolute atomic E-state index is 0.00297. The molecule has 0 unspecified atom stereocenters. The zero-order chi connectivity index (χ0) is 16.4. The lowest BCUT2D eigenvalue weighted by molar-refractivity contribution is 0.587. The molecule has 0 atom stereocenters. The molecule has 2 aromatic rings. The van der Waals surface area contributed by atoms with Gasteiger partial charge in [-0.2, -0.15) is 0 Å². The van der Waals surface area contributed by atoms with Gasteiger partial charge in [0.15, 0.2) is 0 Å². The quantitative estimate of drug-likeness (QED) is 0.679. The lowest BCUT2D eigenvalue weighted by atomic mass is 10.3. The molecule has 2 N–H and O–H groups in total. The molecule has 0 saturated heterocycles. The van der Waals surface area contributed by atoms with Crippen LogP contribution < -0.4 is 9.44 Å². The molecule has 0 amide bonds. The third kappa shape index (κ3) is 3.97. The molecule has 0 spiro atoms. The van der Waals surface area contributed by atoms with Crippen LogP contribution in [0.25, 0.3) is 0 Å². The Kier molecular flexibility index (Phi) is 5.10. The predicted molar refractivity (Wildman–Crippen MR) is 92.7 cm³/mol. The molecule has 0 aliphatic rings. The normalized spacial score (nSPS) is 12.1. The third-order valence-electron chi connectivity index (χ3n) is 2.79. The Balaban J connectivity index is 2.31.